The average molecular weight is 397 g/mol. The summed E-state index contributed by atoms with van der Waals surface area (Å²) in [7, 11) is -3.20. The molecule has 0 saturated carbocycles. The summed E-state index contributed by atoms with van der Waals surface area (Å²) in [4.78, 5) is 23.6. The van der Waals surface area contributed by atoms with E-state index in [-0.39, 0.29) is 18.1 Å². The van der Waals surface area contributed by atoms with Crippen LogP contribution in [0.1, 0.15) is 55.8 Å². The molecule has 0 aliphatic carbocycles. The zero-order valence-corrected chi connectivity index (χ0v) is 16.6. The number of hydrogen-bond donors (Lipinski definition) is 1. The van der Waals surface area contributed by atoms with Gasteiger partial charge in [0.25, 0.3) is 0 Å². The van der Waals surface area contributed by atoms with Crippen molar-refractivity contribution in [1.82, 2.24) is 4.31 Å². The maximum Gasteiger partial charge on any atom is 0.338 e. The van der Waals surface area contributed by atoms with Crippen molar-refractivity contribution in [3.05, 3.63) is 29.8 Å². The highest BCUT2D eigenvalue weighted by atomic mass is 32.2. The molecular weight excluding hydrogens is 368 g/mol. The lowest BCUT2D eigenvalue weighted by Crippen LogP contribution is -2.37. The molecule has 27 heavy (non-hydrogen) atoms. The lowest BCUT2D eigenvalue weighted by atomic mass is 10.2. The molecule has 1 aromatic carbocycles. The fraction of sp³-hybridized carbons (Fsp3) is 0.579. The molecule has 150 valence electrons. The third-order valence-electron chi connectivity index (χ3n) is 4.44. The Morgan fingerprint density at radius 3 is 2.37 bits per heavy atom. The molecule has 1 saturated heterocycles. The normalized spacial score (nSPS) is 15.3. The predicted octanol–water partition coefficient (Wildman–Crippen LogP) is 2.79. The van der Waals surface area contributed by atoms with Crippen LogP contribution >= 0.6 is 0 Å². The van der Waals surface area contributed by atoms with Gasteiger partial charge in [0.1, 0.15) is 0 Å². The molecule has 1 amide bonds. The van der Waals surface area contributed by atoms with E-state index in [0.717, 1.165) is 19.3 Å². The van der Waals surface area contributed by atoms with Gasteiger partial charge in [-0.3, -0.25) is 4.79 Å². The number of sulfonamides is 1. The van der Waals surface area contributed by atoms with Gasteiger partial charge >= 0.3 is 5.97 Å². The number of hydrogen-bond acceptors (Lipinski definition) is 5. The number of rotatable bonds is 9. The van der Waals surface area contributed by atoms with Gasteiger partial charge in [-0.2, -0.15) is 0 Å². The number of piperidine rings is 1. The summed E-state index contributed by atoms with van der Waals surface area (Å²) >= 11 is 0. The second kappa shape index (κ2) is 10.4. The summed E-state index contributed by atoms with van der Waals surface area (Å²) < 4.78 is 31.0. The Hall–Kier alpha value is -1.93. The molecule has 1 N–H and O–H groups in total. The Balaban J connectivity index is 1.70. The molecule has 1 aromatic rings. The third kappa shape index (κ3) is 6.95. The van der Waals surface area contributed by atoms with Gasteiger partial charge < -0.3 is 10.1 Å². The van der Waals surface area contributed by atoms with Crippen molar-refractivity contribution in [2.24, 2.45) is 0 Å². The van der Waals surface area contributed by atoms with Crippen LogP contribution in [0, 0.1) is 0 Å². The third-order valence-corrected chi connectivity index (χ3v) is 6.40. The van der Waals surface area contributed by atoms with Crippen LogP contribution in [-0.2, 0) is 19.6 Å². The summed E-state index contributed by atoms with van der Waals surface area (Å²) in [6, 6.07) is 6.48. The van der Waals surface area contributed by atoms with Gasteiger partial charge in [-0.1, -0.05) is 6.42 Å². The van der Waals surface area contributed by atoms with Crippen molar-refractivity contribution >= 4 is 27.6 Å². The van der Waals surface area contributed by atoms with Crippen molar-refractivity contribution in [2.45, 2.75) is 45.4 Å². The van der Waals surface area contributed by atoms with E-state index in [2.05, 4.69) is 5.32 Å². The van der Waals surface area contributed by atoms with E-state index in [4.69, 9.17) is 4.74 Å². The van der Waals surface area contributed by atoms with Crippen LogP contribution in [-0.4, -0.2) is 50.0 Å². The Labute approximate surface area is 161 Å². The van der Waals surface area contributed by atoms with Crippen molar-refractivity contribution < 1.29 is 22.7 Å². The summed E-state index contributed by atoms with van der Waals surface area (Å²) in [5.74, 6) is -0.478. The highest BCUT2D eigenvalue weighted by molar-refractivity contribution is 7.89. The van der Waals surface area contributed by atoms with E-state index in [1.807, 2.05) is 0 Å². The first-order chi connectivity index (χ1) is 12.9. The summed E-state index contributed by atoms with van der Waals surface area (Å²) in [6.45, 7) is 3.28. The van der Waals surface area contributed by atoms with E-state index in [1.165, 1.54) is 0 Å². The first kappa shape index (κ1) is 21.4. The molecule has 0 radical (unpaired) electrons. The number of unbranched alkanes of at least 4 members (excludes halogenated alkanes) is 1. The molecule has 0 bridgehead atoms. The van der Waals surface area contributed by atoms with Gasteiger partial charge in [-0.05, 0) is 56.9 Å². The maximum absolute atomic E-state index is 12.2. The molecule has 0 unspecified atom stereocenters. The van der Waals surface area contributed by atoms with Crippen LogP contribution in [0.3, 0.4) is 0 Å². The quantitative estimate of drug-likeness (QED) is 0.512. The highest BCUT2D eigenvalue weighted by Crippen LogP contribution is 2.15. The number of carbonyl (C=O) groups is 2. The number of esters is 1. The van der Waals surface area contributed by atoms with Gasteiger partial charge in [-0.25, -0.2) is 17.5 Å². The summed E-state index contributed by atoms with van der Waals surface area (Å²) in [5.41, 5.74) is 1.02. The highest BCUT2D eigenvalue weighted by Gasteiger charge is 2.23. The number of nitrogens with one attached hydrogen (secondary N) is 1. The number of anilines is 1. The van der Waals surface area contributed by atoms with Gasteiger partial charge in [0.2, 0.25) is 15.9 Å². The van der Waals surface area contributed by atoms with Crippen LogP contribution in [0.4, 0.5) is 5.69 Å². The topological polar surface area (TPSA) is 92.8 Å². The second-order valence-electron chi connectivity index (χ2n) is 6.58. The SMILES string of the molecule is CCOC(=O)c1ccc(NC(=O)CCCCS(=O)(=O)N2CCCCC2)cc1. The van der Waals surface area contributed by atoms with Crippen LogP contribution in [0.25, 0.3) is 0 Å². The molecule has 1 fully saturated rings. The minimum Gasteiger partial charge on any atom is -0.462 e. The number of carbonyl (C=O) groups excluding carboxylic acids is 2. The molecule has 8 heteroatoms. The monoisotopic (exact) mass is 396 g/mol. The van der Waals surface area contributed by atoms with Crippen molar-refractivity contribution in [2.75, 3.05) is 30.8 Å². The molecular formula is C19H28N2O5S. The van der Waals surface area contributed by atoms with E-state index < -0.39 is 16.0 Å². The maximum atomic E-state index is 12.2. The Bertz CT molecular complexity index is 725. The fourth-order valence-electron chi connectivity index (χ4n) is 2.97. The number of benzene rings is 1. The zero-order valence-electron chi connectivity index (χ0n) is 15.8. The average Bonchev–Trinajstić information content (AvgIpc) is 2.67. The van der Waals surface area contributed by atoms with Crippen LogP contribution in [0.5, 0.6) is 0 Å². The Morgan fingerprint density at radius 1 is 1.07 bits per heavy atom. The summed E-state index contributed by atoms with van der Waals surface area (Å²) in [5, 5.41) is 2.75. The molecule has 7 nitrogen and oxygen atoms in total. The number of amides is 1. The lowest BCUT2D eigenvalue weighted by molar-refractivity contribution is -0.116. The van der Waals surface area contributed by atoms with Crippen LogP contribution in [0.2, 0.25) is 0 Å². The first-order valence-corrected chi connectivity index (χ1v) is 11.1. The molecule has 1 aliphatic rings. The lowest BCUT2D eigenvalue weighted by Gasteiger charge is -2.25. The largest absolute Gasteiger partial charge is 0.462 e. The zero-order chi connectivity index (χ0) is 19.7. The molecule has 0 aromatic heterocycles. The van der Waals surface area contributed by atoms with Gasteiger partial charge in [-0.15, -0.1) is 0 Å². The van der Waals surface area contributed by atoms with Crippen molar-refractivity contribution in [3.8, 4) is 0 Å². The van der Waals surface area contributed by atoms with Gasteiger partial charge in [0.15, 0.2) is 0 Å². The molecule has 1 aliphatic heterocycles. The standard InChI is InChI=1S/C19H28N2O5S/c1-2-26-19(23)16-9-11-17(12-10-16)20-18(22)8-4-7-15-27(24,25)21-13-5-3-6-14-21/h9-12H,2-8,13-15H2,1H3,(H,20,22). The second-order valence-corrected chi connectivity index (χ2v) is 8.67. The van der Waals surface area contributed by atoms with E-state index in [9.17, 15) is 18.0 Å². The Kier molecular flexibility index (Phi) is 8.24. The fourth-order valence-corrected chi connectivity index (χ4v) is 4.61. The number of nitrogens with zero attached hydrogens (tertiary/aromatic N) is 1. The summed E-state index contributed by atoms with van der Waals surface area (Å²) in [6.07, 6.45) is 4.18. The van der Waals surface area contributed by atoms with Crippen LogP contribution in [0.15, 0.2) is 24.3 Å². The molecule has 0 atom stereocenters. The molecule has 0 spiro atoms. The Morgan fingerprint density at radius 2 is 1.74 bits per heavy atom. The predicted molar refractivity (Wildman–Crippen MR) is 104 cm³/mol. The number of ether oxygens (including phenoxy) is 1. The van der Waals surface area contributed by atoms with E-state index in [1.54, 1.807) is 35.5 Å². The van der Waals surface area contributed by atoms with E-state index >= 15 is 0 Å². The minimum atomic E-state index is -3.20. The van der Waals surface area contributed by atoms with Gasteiger partial charge in [0.05, 0.1) is 17.9 Å². The van der Waals surface area contributed by atoms with Gasteiger partial charge in [0, 0.05) is 25.2 Å². The van der Waals surface area contributed by atoms with Crippen molar-refractivity contribution in [1.29, 1.82) is 0 Å². The molecule has 2 rings (SSSR count). The van der Waals surface area contributed by atoms with E-state index in [0.29, 0.717) is 43.8 Å². The van der Waals surface area contributed by atoms with Crippen LogP contribution < -0.4 is 5.32 Å². The first-order valence-electron chi connectivity index (χ1n) is 9.47. The molecule has 1 heterocycles. The minimum absolute atomic E-state index is 0.0918. The smallest absolute Gasteiger partial charge is 0.338 e. The van der Waals surface area contributed by atoms with Crippen molar-refractivity contribution in [3.63, 3.8) is 0 Å².